The maximum absolute atomic E-state index is 14.0. The molecule has 3 nitrogen and oxygen atoms in total. The van der Waals surface area contributed by atoms with Gasteiger partial charge in [-0.15, -0.1) is 11.3 Å². The largest absolute Gasteiger partial charge is 0.490 e. The number of para-hydroxylation sites is 1. The number of fused-ring (bicyclic) bond motifs is 1. The summed E-state index contributed by atoms with van der Waals surface area (Å²) in [4.78, 5) is 4.69. The Morgan fingerprint density at radius 2 is 1.86 bits per heavy atom. The van der Waals surface area contributed by atoms with Gasteiger partial charge in [0.05, 0.1) is 21.8 Å². The van der Waals surface area contributed by atoms with Crippen molar-refractivity contribution >= 4 is 33.2 Å². The molecule has 3 aromatic carbocycles. The second-order valence-corrected chi connectivity index (χ2v) is 7.51. The first kappa shape index (κ1) is 18.7. The van der Waals surface area contributed by atoms with Gasteiger partial charge in [0, 0.05) is 11.1 Å². The molecule has 0 saturated carbocycles. The molecule has 0 atom stereocenters. The molecule has 0 unspecified atom stereocenters. The molecule has 0 aliphatic carbocycles. The van der Waals surface area contributed by atoms with Gasteiger partial charge in [0.2, 0.25) is 0 Å². The average molecular weight is 414 g/mol. The molecule has 0 saturated heterocycles. The Kier molecular flexibility index (Phi) is 5.46. The van der Waals surface area contributed by atoms with Crippen LogP contribution >= 0.6 is 22.9 Å². The summed E-state index contributed by atoms with van der Waals surface area (Å²) in [7, 11) is 0. The highest BCUT2D eigenvalue weighted by molar-refractivity contribution is 7.21. The molecule has 0 bridgehead atoms. The van der Waals surface area contributed by atoms with Gasteiger partial charge in [-0.25, -0.2) is 9.37 Å². The zero-order valence-electron chi connectivity index (χ0n) is 15.1. The highest BCUT2D eigenvalue weighted by Crippen LogP contribution is 2.36. The molecule has 0 spiro atoms. The fraction of sp³-hybridized carbons (Fsp3) is 0.136. The van der Waals surface area contributed by atoms with Gasteiger partial charge in [-0.1, -0.05) is 29.8 Å². The maximum atomic E-state index is 14.0. The molecule has 0 aliphatic rings. The molecular formula is C22H17ClFNO2S. The van der Waals surface area contributed by atoms with Crippen LogP contribution in [0.4, 0.5) is 4.39 Å². The third-order valence-corrected chi connectivity index (χ3v) is 5.66. The molecule has 28 heavy (non-hydrogen) atoms. The molecule has 142 valence electrons. The van der Waals surface area contributed by atoms with Gasteiger partial charge in [-0.2, -0.15) is 0 Å². The van der Waals surface area contributed by atoms with Crippen LogP contribution in [0, 0.1) is 5.82 Å². The second kappa shape index (κ2) is 8.17. The lowest BCUT2D eigenvalue weighted by molar-refractivity contribution is 0.266. The molecule has 1 heterocycles. The maximum Gasteiger partial charge on any atom is 0.161 e. The molecule has 0 aliphatic heterocycles. The lowest BCUT2D eigenvalue weighted by Gasteiger charge is -2.14. The average Bonchev–Trinajstić information content (AvgIpc) is 3.13. The number of ether oxygens (including phenoxy) is 2. The number of thiazole rings is 1. The van der Waals surface area contributed by atoms with Crippen LogP contribution in [-0.4, -0.2) is 11.6 Å². The normalized spacial score (nSPS) is 11.0. The molecule has 0 amide bonds. The van der Waals surface area contributed by atoms with Crippen LogP contribution in [0.15, 0.2) is 60.7 Å². The minimum atomic E-state index is -0.392. The Hall–Kier alpha value is -2.63. The number of rotatable bonds is 6. The van der Waals surface area contributed by atoms with E-state index in [1.807, 2.05) is 43.3 Å². The quantitative estimate of drug-likeness (QED) is 0.351. The van der Waals surface area contributed by atoms with Crippen molar-refractivity contribution < 1.29 is 13.9 Å². The summed E-state index contributed by atoms with van der Waals surface area (Å²) in [5, 5.41) is 1.25. The van der Waals surface area contributed by atoms with Gasteiger partial charge in [0.15, 0.2) is 11.5 Å². The van der Waals surface area contributed by atoms with E-state index >= 15 is 0 Å². The van der Waals surface area contributed by atoms with E-state index in [-0.39, 0.29) is 6.61 Å². The van der Waals surface area contributed by atoms with Crippen LogP contribution in [0.1, 0.15) is 12.5 Å². The monoisotopic (exact) mass is 413 g/mol. The van der Waals surface area contributed by atoms with Gasteiger partial charge in [0.1, 0.15) is 17.4 Å². The molecule has 6 heteroatoms. The van der Waals surface area contributed by atoms with E-state index in [0.717, 1.165) is 20.8 Å². The molecular weight excluding hydrogens is 397 g/mol. The first-order valence-corrected chi connectivity index (χ1v) is 10.0. The van der Waals surface area contributed by atoms with Crippen LogP contribution in [0.2, 0.25) is 5.02 Å². The minimum absolute atomic E-state index is 0.0199. The van der Waals surface area contributed by atoms with Crippen LogP contribution in [0.5, 0.6) is 11.5 Å². The van der Waals surface area contributed by atoms with Crippen molar-refractivity contribution in [1.29, 1.82) is 0 Å². The number of hydrogen-bond acceptors (Lipinski definition) is 4. The summed E-state index contributed by atoms with van der Waals surface area (Å²) in [6.07, 6.45) is 0. The Balaban J connectivity index is 1.63. The first-order valence-electron chi connectivity index (χ1n) is 8.84. The number of benzene rings is 3. The highest BCUT2D eigenvalue weighted by Gasteiger charge is 2.13. The fourth-order valence-corrected chi connectivity index (χ4v) is 4.02. The van der Waals surface area contributed by atoms with Gasteiger partial charge >= 0.3 is 0 Å². The Morgan fingerprint density at radius 3 is 2.64 bits per heavy atom. The van der Waals surface area contributed by atoms with E-state index < -0.39 is 5.82 Å². The Bertz CT molecular complexity index is 1080. The number of aromatic nitrogens is 1. The van der Waals surface area contributed by atoms with E-state index in [4.69, 9.17) is 21.1 Å². The van der Waals surface area contributed by atoms with Crippen LogP contribution in [0.3, 0.4) is 0 Å². The van der Waals surface area contributed by atoms with Gasteiger partial charge in [0.25, 0.3) is 0 Å². The zero-order valence-corrected chi connectivity index (χ0v) is 16.7. The summed E-state index contributed by atoms with van der Waals surface area (Å²) in [5.41, 5.74) is 2.23. The summed E-state index contributed by atoms with van der Waals surface area (Å²) >= 11 is 7.71. The standard InChI is InChI=1S/C22H17ClFNO2S/c1-2-26-20-12-14(22-25-18-8-3-4-9-21(18)28-22)10-11-19(20)27-13-15-16(23)6-5-7-17(15)24/h3-12H,2,13H2,1H3. The first-order chi connectivity index (χ1) is 13.7. The third-order valence-electron chi connectivity index (χ3n) is 4.22. The lowest BCUT2D eigenvalue weighted by Crippen LogP contribution is -2.02. The van der Waals surface area contributed by atoms with E-state index in [1.165, 1.54) is 6.07 Å². The lowest BCUT2D eigenvalue weighted by atomic mass is 10.2. The molecule has 4 rings (SSSR count). The van der Waals surface area contributed by atoms with Crippen molar-refractivity contribution in [2.75, 3.05) is 6.61 Å². The highest BCUT2D eigenvalue weighted by atomic mass is 35.5. The molecule has 0 radical (unpaired) electrons. The summed E-state index contributed by atoms with van der Waals surface area (Å²) < 4.78 is 26.7. The van der Waals surface area contributed by atoms with Crippen LogP contribution < -0.4 is 9.47 Å². The van der Waals surface area contributed by atoms with Crippen molar-refractivity contribution in [3.63, 3.8) is 0 Å². The number of nitrogens with zero attached hydrogens (tertiary/aromatic N) is 1. The molecule has 4 aromatic rings. The topological polar surface area (TPSA) is 31.4 Å². The molecule has 0 N–H and O–H groups in total. The Labute approximate surface area is 171 Å². The number of halogens is 2. The van der Waals surface area contributed by atoms with Crippen molar-refractivity contribution in [1.82, 2.24) is 4.98 Å². The third kappa shape index (κ3) is 3.81. The fourth-order valence-electron chi connectivity index (χ4n) is 2.84. The smallest absolute Gasteiger partial charge is 0.161 e. The number of hydrogen-bond donors (Lipinski definition) is 0. The predicted octanol–water partition coefficient (Wildman–Crippen LogP) is 6.73. The van der Waals surface area contributed by atoms with Crippen molar-refractivity contribution in [3.05, 3.63) is 77.1 Å². The second-order valence-electron chi connectivity index (χ2n) is 6.07. The van der Waals surface area contributed by atoms with Crippen molar-refractivity contribution in [2.45, 2.75) is 13.5 Å². The molecule has 1 aromatic heterocycles. The van der Waals surface area contributed by atoms with Crippen molar-refractivity contribution in [2.24, 2.45) is 0 Å². The SMILES string of the molecule is CCOc1cc(-c2nc3ccccc3s2)ccc1OCc1c(F)cccc1Cl. The van der Waals surface area contributed by atoms with Gasteiger partial charge in [-0.05, 0) is 49.4 Å². The summed E-state index contributed by atoms with van der Waals surface area (Å²) in [6.45, 7) is 2.41. The summed E-state index contributed by atoms with van der Waals surface area (Å²) in [6, 6.07) is 18.2. The predicted molar refractivity (Wildman–Crippen MR) is 112 cm³/mol. The summed E-state index contributed by atoms with van der Waals surface area (Å²) in [5.74, 6) is 0.731. The van der Waals surface area contributed by atoms with Crippen molar-refractivity contribution in [3.8, 4) is 22.1 Å². The van der Waals surface area contributed by atoms with E-state index in [2.05, 4.69) is 11.1 Å². The van der Waals surface area contributed by atoms with E-state index in [0.29, 0.717) is 28.7 Å². The minimum Gasteiger partial charge on any atom is -0.490 e. The van der Waals surface area contributed by atoms with E-state index in [1.54, 1.807) is 23.5 Å². The molecule has 0 fully saturated rings. The van der Waals surface area contributed by atoms with Gasteiger partial charge < -0.3 is 9.47 Å². The van der Waals surface area contributed by atoms with Gasteiger partial charge in [-0.3, -0.25) is 0 Å². The Morgan fingerprint density at radius 1 is 1.00 bits per heavy atom. The van der Waals surface area contributed by atoms with Crippen LogP contribution in [-0.2, 0) is 6.61 Å². The van der Waals surface area contributed by atoms with Crippen LogP contribution in [0.25, 0.3) is 20.8 Å². The zero-order chi connectivity index (χ0) is 19.5. The van der Waals surface area contributed by atoms with E-state index in [9.17, 15) is 4.39 Å².